The van der Waals surface area contributed by atoms with Gasteiger partial charge in [0.1, 0.15) is 17.3 Å². The third kappa shape index (κ3) is 5.50. The Bertz CT molecular complexity index is 1340. The first-order valence-electron chi connectivity index (χ1n) is 11.1. The van der Waals surface area contributed by atoms with Gasteiger partial charge in [0.25, 0.3) is 0 Å². The lowest BCUT2D eigenvalue weighted by Gasteiger charge is -2.10. The van der Waals surface area contributed by atoms with Gasteiger partial charge in [0, 0.05) is 41.8 Å². The van der Waals surface area contributed by atoms with E-state index in [0.717, 1.165) is 39.7 Å². The maximum atomic E-state index is 12.4. The molecule has 0 saturated heterocycles. The minimum Gasteiger partial charge on any atom is -0.300 e. The summed E-state index contributed by atoms with van der Waals surface area (Å²) in [7, 11) is 0. The molecule has 0 radical (unpaired) electrons. The van der Waals surface area contributed by atoms with Gasteiger partial charge in [0.2, 0.25) is 0 Å². The van der Waals surface area contributed by atoms with Crippen molar-refractivity contribution in [2.45, 2.75) is 52.1 Å². The van der Waals surface area contributed by atoms with E-state index in [1.165, 1.54) is 0 Å². The summed E-state index contributed by atoms with van der Waals surface area (Å²) in [6.07, 6.45) is -2.29. The predicted molar refractivity (Wildman–Crippen MR) is 124 cm³/mol. The van der Waals surface area contributed by atoms with E-state index in [0.29, 0.717) is 5.56 Å². The predicted octanol–water partition coefficient (Wildman–Crippen LogP) is 6.34. The molecule has 0 spiro atoms. The maximum Gasteiger partial charge on any atom is 0.389 e. The van der Waals surface area contributed by atoms with Crippen LogP contribution in [0.25, 0.3) is 28.2 Å². The first-order chi connectivity index (χ1) is 16.1. The van der Waals surface area contributed by atoms with Crippen molar-refractivity contribution in [2.24, 2.45) is 0 Å². The highest BCUT2D eigenvalue weighted by molar-refractivity contribution is 5.81. The zero-order valence-electron chi connectivity index (χ0n) is 19.2. The molecule has 34 heavy (non-hydrogen) atoms. The fourth-order valence-corrected chi connectivity index (χ4v) is 3.79. The zero-order valence-corrected chi connectivity index (χ0v) is 19.2. The van der Waals surface area contributed by atoms with Crippen molar-refractivity contribution in [1.29, 1.82) is 0 Å². The second kappa shape index (κ2) is 9.37. The van der Waals surface area contributed by atoms with Crippen molar-refractivity contribution >= 4 is 11.4 Å². The molecule has 176 valence electrons. The highest BCUT2D eigenvalue weighted by atomic mass is 19.4. The molecule has 5 nitrogen and oxygen atoms in total. The number of halogens is 3. The van der Waals surface area contributed by atoms with E-state index < -0.39 is 24.8 Å². The first-order valence-corrected chi connectivity index (χ1v) is 11.1. The lowest BCUT2D eigenvalue weighted by Crippen LogP contribution is -2.12. The highest BCUT2D eigenvalue weighted by Crippen LogP contribution is 2.27. The summed E-state index contributed by atoms with van der Waals surface area (Å²) in [6.45, 7) is 6.06. The van der Waals surface area contributed by atoms with Crippen molar-refractivity contribution in [2.75, 3.05) is 0 Å². The quantitative estimate of drug-likeness (QED) is 0.319. The molecule has 0 aliphatic carbocycles. The standard InChI is InChI=1S/C26H25F3N4O/c1-16(2)25-31-17(3)11-22(32-25)19-8-10-33-23(15-30-24(33)14-19)20-6-4-5-18(12-20)13-21(34)7-9-26(27,28)29/h4-6,8,10-12,14-16H,7,9,13H2,1-3H3. The van der Waals surface area contributed by atoms with Gasteiger partial charge in [-0.15, -0.1) is 0 Å². The van der Waals surface area contributed by atoms with Crippen molar-refractivity contribution in [3.63, 3.8) is 0 Å². The second-order valence-electron chi connectivity index (χ2n) is 8.73. The Hall–Kier alpha value is -3.55. The van der Waals surface area contributed by atoms with E-state index in [1.807, 2.05) is 47.9 Å². The number of hydrogen-bond acceptors (Lipinski definition) is 4. The number of rotatable bonds is 7. The molecule has 0 saturated carbocycles. The van der Waals surface area contributed by atoms with Crippen LogP contribution in [-0.4, -0.2) is 31.3 Å². The Morgan fingerprint density at radius 1 is 1.06 bits per heavy atom. The Kier molecular flexibility index (Phi) is 6.50. The van der Waals surface area contributed by atoms with Crippen molar-refractivity contribution in [1.82, 2.24) is 19.4 Å². The van der Waals surface area contributed by atoms with Gasteiger partial charge >= 0.3 is 6.18 Å². The van der Waals surface area contributed by atoms with E-state index in [4.69, 9.17) is 4.98 Å². The number of ketones is 1. The van der Waals surface area contributed by atoms with Crippen LogP contribution in [0.5, 0.6) is 0 Å². The smallest absolute Gasteiger partial charge is 0.300 e. The number of carbonyl (C=O) groups excluding carboxylic acids is 1. The van der Waals surface area contributed by atoms with Gasteiger partial charge in [-0.05, 0) is 36.8 Å². The number of aromatic nitrogens is 4. The van der Waals surface area contributed by atoms with E-state index >= 15 is 0 Å². The van der Waals surface area contributed by atoms with Crippen LogP contribution in [0.2, 0.25) is 0 Å². The largest absolute Gasteiger partial charge is 0.389 e. The van der Waals surface area contributed by atoms with Crippen LogP contribution < -0.4 is 0 Å². The monoisotopic (exact) mass is 466 g/mol. The van der Waals surface area contributed by atoms with Crippen LogP contribution in [0.15, 0.2) is 54.9 Å². The molecular weight excluding hydrogens is 441 g/mol. The molecule has 0 bridgehead atoms. The summed E-state index contributed by atoms with van der Waals surface area (Å²) in [6, 6.07) is 13.1. The molecular formula is C26H25F3N4O. The van der Waals surface area contributed by atoms with Gasteiger partial charge in [-0.1, -0.05) is 32.0 Å². The van der Waals surface area contributed by atoms with Gasteiger partial charge in [-0.2, -0.15) is 13.2 Å². The van der Waals surface area contributed by atoms with Crippen LogP contribution >= 0.6 is 0 Å². The lowest BCUT2D eigenvalue weighted by atomic mass is 10.0. The van der Waals surface area contributed by atoms with Gasteiger partial charge in [-0.25, -0.2) is 15.0 Å². The van der Waals surface area contributed by atoms with Crippen LogP contribution in [0.4, 0.5) is 13.2 Å². The van der Waals surface area contributed by atoms with E-state index in [1.54, 1.807) is 18.3 Å². The molecule has 0 amide bonds. The van der Waals surface area contributed by atoms with Crippen LogP contribution in [0.3, 0.4) is 0 Å². The molecule has 4 aromatic rings. The molecule has 0 unspecified atom stereocenters. The van der Waals surface area contributed by atoms with Crippen LogP contribution in [-0.2, 0) is 11.2 Å². The molecule has 0 aliphatic rings. The summed E-state index contributed by atoms with van der Waals surface area (Å²) in [4.78, 5) is 25.7. The average molecular weight is 467 g/mol. The molecule has 4 rings (SSSR count). The number of carbonyl (C=O) groups is 1. The first kappa shape index (κ1) is 23.6. The molecule has 8 heteroatoms. The average Bonchev–Trinajstić information content (AvgIpc) is 3.20. The molecule has 3 heterocycles. The number of Topliss-reactive ketones (excluding diaryl/α,β-unsaturated/α-hetero) is 1. The number of nitrogens with zero attached hydrogens (tertiary/aromatic N) is 4. The third-order valence-electron chi connectivity index (χ3n) is 5.51. The fraction of sp³-hybridized carbons (Fsp3) is 0.308. The Labute approximate surface area is 195 Å². The number of alkyl halides is 3. The maximum absolute atomic E-state index is 12.4. The molecule has 1 aromatic carbocycles. The minimum absolute atomic E-state index is 0.0317. The number of fused-ring (bicyclic) bond motifs is 1. The molecule has 0 atom stereocenters. The zero-order chi connectivity index (χ0) is 24.5. The van der Waals surface area contributed by atoms with Crippen molar-refractivity contribution in [3.05, 3.63) is 71.9 Å². The molecule has 0 fully saturated rings. The van der Waals surface area contributed by atoms with Gasteiger partial charge in [0.15, 0.2) is 0 Å². The summed E-state index contributed by atoms with van der Waals surface area (Å²) in [5.74, 6) is 0.576. The summed E-state index contributed by atoms with van der Waals surface area (Å²) >= 11 is 0. The SMILES string of the molecule is Cc1cc(-c2ccn3c(-c4cccc(CC(=O)CCC(F)(F)F)c4)cnc3c2)nc(C(C)C)n1. The Morgan fingerprint density at radius 2 is 1.85 bits per heavy atom. The number of benzene rings is 1. The summed E-state index contributed by atoms with van der Waals surface area (Å²) in [5.41, 5.74) is 5.74. The number of pyridine rings is 1. The number of hydrogen-bond donors (Lipinski definition) is 0. The van der Waals surface area contributed by atoms with Crippen LogP contribution in [0, 0.1) is 6.92 Å². The van der Waals surface area contributed by atoms with Gasteiger partial charge in [-0.3, -0.25) is 9.20 Å². The van der Waals surface area contributed by atoms with Gasteiger partial charge in [0.05, 0.1) is 24.0 Å². The Morgan fingerprint density at radius 3 is 2.59 bits per heavy atom. The minimum atomic E-state index is -4.33. The number of imidazole rings is 1. The van der Waals surface area contributed by atoms with Gasteiger partial charge < -0.3 is 0 Å². The third-order valence-corrected chi connectivity index (χ3v) is 5.51. The summed E-state index contributed by atoms with van der Waals surface area (Å²) < 4.78 is 39.1. The van der Waals surface area contributed by atoms with E-state index in [-0.39, 0.29) is 12.3 Å². The summed E-state index contributed by atoms with van der Waals surface area (Å²) in [5, 5.41) is 0. The molecule has 0 aliphatic heterocycles. The second-order valence-corrected chi connectivity index (χ2v) is 8.73. The Balaban J connectivity index is 1.60. The van der Waals surface area contributed by atoms with E-state index in [2.05, 4.69) is 23.8 Å². The van der Waals surface area contributed by atoms with Crippen molar-refractivity contribution in [3.8, 4) is 22.5 Å². The number of aryl methyl sites for hydroxylation is 1. The fourth-order valence-electron chi connectivity index (χ4n) is 3.79. The normalized spacial score (nSPS) is 12.0. The topological polar surface area (TPSA) is 60.2 Å². The molecule has 0 N–H and O–H groups in total. The van der Waals surface area contributed by atoms with Crippen LogP contribution in [0.1, 0.15) is 49.7 Å². The van der Waals surface area contributed by atoms with E-state index in [9.17, 15) is 18.0 Å². The van der Waals surface area contributed by atoms with Crippen molar-refractivity contribution < 1.29 is 18.0 Å². The molecule has 3 aromatic heterocycles. The highest BCUT2D eigenvalue weighted by Gasteiger charge is 2.27. The lowest BCUT2D eigenvalue weighted by molar-refractivity contribution is -0.143.